The molecule has 2 aromatic rings. The van der Waals surface area contributed by atoms with Gasteiger partial charge < -0.3 is 10.2 Å². The Balaban J connectivity index is 1.79. The Hall–Kier alpha value is -2.76. The van der Waals surface area contributed by atoms with Gasteiger partial charge in [0.15, 0.2) is 0 Å². The minimum Gasteiger partial charge on any atom is -0.352 e. The average molecular weight is 358 g/mol. The summed E-state index contributed by atoms with van der Waals surface area (Å²) in [6, 6.07) is 11.6. The van der Waals surface area contributed by atoms with Crippen LogP contribution in [0.25, 0.3) is 0 Å². The molecule has 6 heteroatoms. The number of nitrogens with one attached hydrogen (secondary N) is 1. The van der Waals surface area contributed by atoms with Gasteiger partial charge in [0, 0.05) is 25.6 Å². The van der Waals surface area contributed by atoms with Crippen molar-refractivity contribution in [1.82, 2.24) is 10.2 Å². The minimum absolute atomic E-state index is 0.0579. The Morgan fingerprint density at radius 3 is 2.54 bits per heavy atom. The number of hydrogen-bond donors (Lipinski definition) is 1. The van der Waals surface area contributed by atoms with Gasteiger partial charge in [-0.2, -0.15) is 0 Å². The van der Waals surface area contributed by atoms with Crippen LogP contribution < -0.4 is 5.32 Å². The summed E-state index contributed by atoms with van der Waals surface area (Å²) in [5.74, 6) is -1.53. The van der Waals surface area contributed by atoms with Crippen molar-refractivity contribution < 1.29 is 18.4 Å². The molecule has 1 heterocycles. The lowest BCUT2D eigenvalue weighted by molar-refractivity contribution is -0.141. The van der Waals surface area contributed by atoms with E-state index in [0.717, 1.165) is 0 Å². The highest BCUT2D eigenvalue weighted by Gasteiger charge is 2.38. The Labute approximate surface area is 150 Å². The molecule has 1 N–H and O–H groups in total. The second-order valence-electron chi connectivity index (χ2n) is 6.46. The van der Waals surface area contributed by atoms with E-state index >= 15 is 0 Å². The number of benzene rings is 2. The van der Waals surface area contributed by atoms with E-state index in [-0.39, 0.29) is 36.4 Å². The third kappa shape index (κ3) is 3.74. The number of halogens is 2. The lowest BCUT2D eigenvalue weighted by Crippen LogP contribution is -2.46. The van der Waals surface area contributed by atoms with Crippen molar-refractivity contribution in [2.24, 2.45) is 5.92 Å². The Morgan fingerprint density at radius 1 is 1.15 bits per heavy atom. The number of carbonyl (C=O) groups is 2. The van der Waals surface area contributed by atoms with Crippen molar-refractivity contribution in [1.29, 1.82) is 0 Å². The van der Waals surface area contributed by atoms with E-state index in [1.165, 1.54) is 23.1 Å². The molecule has 0 spiro atoms. The molecule has 0 unspecified atom stereocenters. The van der Waals surface area contributed by atoms with Crippen LogP contribution in [-0.4, -0.2) is 23.8 Å². The van der Waals surface area contributed by atoms with Gasteiger partial charge in [-0.25, -0.2) is 8.78 Å². The van der Waals surface area contributed by atoms with Gasteiger partial charge in [0.25, 0.3) is 0 Å². The van der Waals surface area contributed by atoms with Gasteiger partial charge in [-0.1, -0.05) is 30.3 Å². The van der Waals surface area contributed by atoms with Crippen LogP contribution in [0.15, 0.2) is 48.5 Å². The zero-order chi connectivity index (χ0) is 18.7. The number of hydrogen-bond acceptors (Lipinski definition) is 2. The molecule has 0 radical (unpaired) electrons. The highest BCUT2D eigenvalue weighted by Crippen LogP contribution is 2.36. The monoisotopic (exact) mass is 358 g/mol. The molecule has 0 aliphatic carbocycles. The first kappa shape index (κ1) is 18.0. The molecular weight excluding hydrogens is 338 g/mol. The van der Waals surface area contributed by atoms with E-state index in [0.29, 0.717) is 17.5 Å². The summed E-state index contributed by atoms with van der Waals surface area (Å²) in [6.07, 6.45) is 0.667. The van der Waals surface area contributed by atoms with Crippen molar-refractivity contribution >= 4 is 11.8 Å². The van der Waals surface area contributed by atoms with Gasteiger partial charge in [-0.05, 0) is 30.2 Å². The summed E-state index contributed by atoms with van der Waals surface area (Å²) in [4.78, 5) is 26.4. The maximum atomic E-state index is 13.7. The van der Waals surface area contributed by atoms with E-state index < -0.39 is 12.0 Å². The summed E-state index contributed by atoms with van der Waals surface area (Å²) in [6.45, 7) is 0.0792. The lowest BCUT2D eigenvalue weighted by Gasteiger charge is -2.38. The quantitative estimate of drug-likeness (QED) is 0.913. The second kappa shape index (κ2) is 7.64. The second-order valence-corrected chi connectivity index (χ2v) is 6.46. The third-order valence-corrected chi connectivity index (χ3v) is 4.82. The minimum atomic E-state index is -0.477. The lowest BCUT2D eigenvalue weighted by atomic mass is 9.84. The molecule has 1 saturated heterocycles. The standard InChI is InChI=1S/C20H20F2N2O2/c1-24-18(25)11-10-16(19(24)13-6-8-15(21)9-7-13)20(26)23-12-14-4-2-3-5-17(14)22/h2-9,16,19H,10-12H2,1H3,(H,23,26)/t16-,19-/m1/s1. The molecule has 0 bridgehead atoms. The third-order valence-electron chi connectivity index (χ3n) is 4.82. The highest BCUT2D eigenvalue weighted by atomic mass is 19.1. The van der Waals surface area contributed by atoms with Gasteiger partial charge >= 0.3 is 0 Å². The predicted octanol–water partition coefficient (Wildman–Crippen LogP) is 3.19. The van der Waals surface area contributed by atoms with Gasteiger partial charge in [0.1, 0.15) is 11.6 Å². The molecular formula is C20H20F2N2O2. The molecule has 0 aromatic heterocycles. The van der Waals surface area contributed by atoms with E-state index in [2.05, 4.69) is 5.32 Å². The van der Waals surface area contributed by atoms with Crippen molar-refractivity contribution in [3.63, 3.8) is 0 Å². The average Bonchev–Trinajstić information content (AvgIpc) is 2.64. The van der Waals surface area contributed by atoms with Crippen molar-refractivity contribution in [3.05, 3.63) is 71.3 Å². The smallest absolute Gasteiger partial charge is 0.225 e. The van der Waals surface area contributed by atoms with Crippen LogP contribution in [0.4, 0.5) is 8.78 Å². The van der Waals surface area contributed by atoms with Crippen LogP contribution >= 0.6 is 0 Å². The summed E-state index contributed by atoms with van der Waals surface area (Å²) < 4.78 is 27.0. The molecule has 1 fully saturated rings. The SMILES string of the molecule is CN1C(=O)CC[C@@H](C(=O)NCc2ccccc2F)[C@H]1c1ccc(F)cc1. The molecule has 2 amide bonds. The zero-order valence-electron chi connectivity index (χ0n) is 14.4. The Morgan fingerprint density at radius 2 is 1.85 bits per heavy atom. The number of carbonyl (C=O) groups excluding carboxylic acids is 2. The van der Waals surface area contributed by atoms with Crippen LogP contribution in [0.3, 0.4) is 0 Å². The number of rotatable bonds is 4. The normalized spacial score (nSPS) is 20.1. The maximum absolute atomic E-state index is 13.7. The first-order valence-electron chi connectivity index (χ1n) is 8.49. The maximum Gasteiger partial charge on any atom is 0.225 e. The summed E-state index contributed by atoms with van der Waals surface area (Å²) >= 11 is 0. The topological polar surface area (TPSA) is 49.4 Å². The molecule has 136 valence electrons. The summed E-state index contributed by atoms with van der Waals surface area (Å²) in [7, 11) is 1.65. The van der Waals surface area contributed by atoms with E-state index in [1.807, 2.05) is 0 Å². The molecule has 26 heavy (non-hydrogen) atoms. The highest BCUT2D eigenvalue weighted by molar-refractivity contribution is 5.84. The fourth-order valence-electron chi connectivity index (χ4n) is 3.38. The first-order chi connectivity index (χ1) is 12.5. The fourth-order valence-corrected chi connectivity index (χ4v) is 3.38. The van der Waals surface area contributed by atoms with Crippen LogP contribution in [-0.2, 0) is 16.1 Å². The van der Waals surface area contributed by atoms with Gasteiger partial charge in [-0.3, -0.25) is 9.59 Å². The molecule has 1 aliphatic heterocycles. The number of nitrogens with zero attached hydrogens (tertiary/aromatic N) is 1. The van der Waals surface area contributed by atoms with E-state index in [4.69, 9.17) is 0 Å². The van der Waals surface area contributed by atoms with Crippen LogP contribution in [0.2, 0.25) is 0 Å². The van der Waals surface area contributed by atoms with E-state index in [9.17, 15) is 18.4 Å². The molecule has 2 aromatic carbocycles. The largest absolute Gasteiger partial charge is 0.352 e. The molecule has 4 nitrogen and oxygen atoms in total. The Bertz CT molecular complexity index is 808. The predicted molar refractivity (Wildman–Crippen MR) is 92.9 cm³/mol. The summed E-state index contributed by atoms with van der Waals surface area (Å²) in [5.41, 5.74) is 1.10. The first-order valence-corrected chi connectivity index (χ1v) is 8.49. The molecule has 0 saturated carbocycles. The molecule has 2 atom stereocenters. The van der Waals surface area contributed by atoms with Crippen molar-refractivity contribution in [2.75, 3.05) is 7.05 Å². The summed E-state index contributed by atoms with van der Waals surface area (Å²) in [5, 5.41) is 2.77. The van der Waals surface area contributed by atoms with Crippen LogP contribution in [0.5, 0.6) is 0 Å². The van der Waals surface area contributed by atoms with Gasteiger partial charge in [-0.15, -0.1) is 0 Å². The number of likely N-dealkylation sites (tertiary alicyclic amines) is 1. The number of piperidine rings is 1. The number of amides is 2. The van der Waals surface area contributed by atoms with Gasteiger partial charge in [0.05, 0.1) is 12.0 Å². The zero-order valence-corrected chi connectivity index (χ0v) is 14.4. The fraction of sp³-hybridized carbons (Fsp3) is 0.300. The Kier molecular flexibility index (Phi) is 5.30. The molecule has 1 aliphatic rings. The molecule has 3 rings (SSSR count). The van der Waals surface area contributed by atoms with Gasteiger partial charge in [0.2, 0.25) is 11.8 Å². The van der Waals surface area contributed by atoms with Crippen LogP contribution in [0.1, 0.15) is 30.0 Å². The van der Waals surface area contributed by atoms with Crippen molar-refractivity contribution in [2.45, 2.75) is 25.4 Å². The van der Waals surface area contributed by atoms with E-state index in [1.54, 1.807) is 37.4 Å². The van der Waals surface area contributed by atoms with Crippen LogP contribution in [0, 0.1) is 17.6 Å². The van der Waals surface area contributed by atoms with Crippen molar-refractivity contribution in [3.8, 4) is 0 Å².